The molecule has 0 saturated heterocycles. The largest absolute Gasteiger partial charge is 0.319 e. The predicted octanol–water partition coefficient (Wildman–Crippen LogP) is 5.72. The van der Waals surface area contributed by atoms with Crippen molar-refractivity contribution >= 4 is 34.1 Å². The molecule has 2 aromatic carbocycles. The van der Waals surface area contributed by atoms with E-state index in [1.165, 1.54) is 12.1 Å². The highest BCUT2D eigenvalue weighted by Crippen LogP contribution is 2.27. The number of pyridine rings is 1. The summed E-state index contributed by atoms with van der Waals surface area (Å²) in [6, 6.07) is 13.6. The number of amides is 1. The average Bonchev–Trinajstić information content (AvgIpc) is 3.45. The molecule has 0 aliphatic heterocycles. The summed E-state index contributed by atoms with van der Waals surface area (Å²) in [4.78, 5) is 18.1. The van der Waals surface area contributed by atoms with Crippen LogP contribution in [-0.4, -0.2) is 30.5 Å². The van der Waals surface area contributed by atoms with Crippen molar-refractivity contribution in [1.82, 2.24) is 24.5 Å². The molecule has 0 aliphatic carbocycles. The Morgan fingerprint density at radius 1 is 1.11 bits per heavy atom. The zero-order chi connectivity index (χ0) is 24.5. The van der Waals surface area contributed by atoms with Crippen molar-refractivity contribution in [3.63, 3.8) is 0 Å². The summed E-state index contributed by atoms with van der Waals surface area (Å²) in [5.41, 5.74) is 4.90. The second kappa shape index (κ2) is 9.31. The molecule has 5 rings (SSSR count). The molecule has 3 aromatic heterocycles. The van der Waals surface area contributed by atoms with Gasteiger partial charge in [-0.15, -0.1) is 0 Å². The first-order valence-corrected chi connectivity index (χ1v) is 11.5. The summed E-state index contributed by atoms with van der Waals surface area (Å²) < 4.78 is 16.8. The normalized spacial score (nSPS) is 11.2. The van der Waals surface area contributed by atoms with Gasteiger partial charge in [-0.3, -0.25) is 14.2 Å². The number of anilines is 1. The lowest BCUT2D eigenvalue weighted by molar-refractivity contribution is 0.102. The monoisotopic (exact) mass is 488 g/mol. The minimum Gasteiger partial charge on any atom is -0.319 e. The molecule has 0 unspecified atom stereocenters. The number of carbonyl (C=O) groups excluding carboxylic acids is 1. The van der Waals surface area contributed by atoms with Crippen LogP contribution >= 0.6 is 11.6 Å². The number of hydrogen-bond donors (Lipinski definition) is 1. The Labute approximate surface area is 206 Å². The van der Waals surface area contributed by atoms with E-state index in [0.29, 0.717) is 28.5 Å². The topological polar surface area (TPSA) is 77.6 Å². The summed E-state index contributed by atoms with van der Waals surface area (Å²) in [5, 5.41) is 12.8. The zero-order valence-electron chi connectivity index (χ0n) is 19.2. The third-order valence-corrected chi connectivity index (χ3v) is 6.10. The Morgan fingerprint density at radius 3 is 2.71 bits per heavy atom. The molecule has 3 heterocycles. The van der Waals surface area contributed by atoms with Gasteiger partial charge in [0.15, 0.2) is 0 Å². The molecule has 0 atom stereocenters. The second-order valence-electron chi connectivity index (χ2n) is 8.17. The Morgan fingerprint density at radius 2 is 1.94 bits per heavy atom. The van der Waals surface area contributed by atoms with Gasteiger partial charge in [-0.05, 0) is 43.7 Å². The number of aryl methyl sites for hydroxylation is 2. The molecule has 0 saturated carbocycles. The van der Waals surface area contributed by atoms with Crippen molar-refractivity contribution in [1.29, 1.82) is 0 Å². The molecule has 0 radical (unpaired) electrons. The number of carbonyl (C=O) groups is 1. The summed E-state index contributed by atoms with van der Waals surface area (Å²) >= 11 is 6.13. The molecule has 35 heavy (non-hydrogen) atoms. The maximum Gasteiger partial charge on any atom is 0.256 e. The van der Waals surface area contributed by atoms with E-state index in [4.69, 9.17) is 16.6 Å². The van der Waals surface area contributed by atoms with Gasteiger partial charge in [-0.25, -0.2) is 9.37 Å². The highest BCUT2D eigenvalue weighted by atomic mass is 35.5. The number of halogens is 2. The molecular formula is C26H22ClFN6O. The van der Waals surface area contributed by atoms with Crippen LogP contribution in [0.25, 0.3) is 22.2 Å². The molecule has 1 N–H and O–H groups in total. The van der Waals surface area contributed by atoms with Crippen LogP contribution in [0.1, 0.15) is 28.5 Å². The maximum atomic E-state index is 13.4. The van der Waals surface area contributed by atoms with Crippen LogP contribution in [0.3, 0.4) is 0 Å². The Balaban J connectivity index is 1.44. The lowest BCUT2D eigenvalue weighted by Crippen LogP contribution is -2.13. The Hall–Kier alpha value is -4.04. The number of nitrogens with zero attached hydrogens (tertiary/aromatic N) is 5. The standard InChI is InChI=1S/C26H22ClFN6O/c1-3-33-15-22(16(2)32-33)25-11-21(20-6-4-5-7-24(20)31-25)26(35)30-19-12-29-34(14-19)13-17-8-9-18(28)10-23(17)27/h4-12,14-15H,3,13H2,1-2H3,(H,30,35). The van der Waals surface area contributed by atoms with Crippen LogP contribution < -0.4 is 5.32 Å². The van der Waals surface area contributed by atoms with E-state index < -0.39 is 5.82 Å². The first-order valence-electron chi connectivity index (χ1n) is 11.1. The third kappa shape index (κ3) is 4.65. The molecule has 5 aromatic rings. The van der Waals surface area contributed by atoms with Gasteiger partial charge in [-0.2, -0.15) is 10.2 Å². The molecule has 0 bridgehead atoms. The van der Waals surface area contributed by atoms with Crippen LogP contribution in [0.5, 0.6) is 0 Å². The predicted molar refractivity (Wildman–Crippen MR) is 134 cm³/mol. The fraction of sp³-hybridized carbons (Fsp3) is 0.154. The van der Waals surface area contributed by atoms with Crippen LogP contribution in [0, 0.1) is 12.7 Å². The van der Waals surface area contributed by atoms with E-state index in [-0.39, 0.29) is 5.91 Å². The van der Waals surface area contributed by atoms with Gasteiger partial charge in [0.2, 0.25) is 0 Å². The lowest BCUT2D eigenvalue weighted by atomic mass is 10.0. The molecule has 176 valence electrons. The molecule has 7 nitrogen and oxygen atoms in total. The quantitative estimate of drug-likeness (QED) is 0.332. The highest BCUT2D eigenvalue weighted by molar-refractivity contribution is 6.31. The average molecular weight is 489 g/mol. The van der Waals surface area contributed by atoms with Crippen molar-refractivity contribution < 1.29 is 9.18 Å². The number of nitrogens with one attached hydrogen (secondary N) is 1. The van der Waals surface area contributed by atoms with Crippen LogP contribution in [-0.2, 0) is 13.1 Å². The maximum absolute atomic E-state index is 13.4. The second-order valence-corrected chi connectivity index (χ2v) is 8.58. The van der Waals surface area contributed by atoms with E-state index in [0.717, 1.165) is 34.3 Å². The fourth-order valence-corrected chi connectivity index (χ4v) is 4.20. The number of para-hydroxylation sites is 1. The van der Waals surface area contributed by atoms with Gasteiger partial charge in [0.05, 0.1) is 40.9 Å². The zero-order valence-corrected chi connectivity index (χ0v) is 19.9. The molecular weight excluding hydrogens is 467 g/mol. The molecule has 0 spiro atoms. The fourth-order valence-electron chi connectivity index (χ4n) is 3.97. The van der Waals surface area contributed by atoms with Gasteiger partial charge in [0.1, 0.15) is 5.82 Å². The Kier molecular flexibility index (Phi) is 6.05. The summed E-state index contributed by atoms with van der Waals surface area (Å²) in [5.74, 6) is -0.668. The van der Waals surface area contributed by atoms with Gasteiger partial charge in [0, 0.05) is 34.9 Å². The minimum atomic E-state index is -0.395. The SMILES string of the molecule is CCn1cc(-c2cc(C(=O)Nc3cnn(Cc4ccc(F)cc4Cl)c3)c3ccccc3n2)c(C)n1. The van der Waals surface area contributed by atoms with Gasteiger partial charge in [0.25, 0.3) is 5.91 Å². The summed E-state index contributed by atoms with van der Waals surface area (Å²) in [6.45, 7) is 5.04. The molecule has 9 heteroatoms. The van der Waals surface area contributed by atoms with Crippen molar-refractivity contribution in [2.75, 3.05) is 5.32 Å². The first-order chi connectivity index (χ1) is 16.9. The van der Waals surface area contributed by atoms with E-state index in [1.54, 1.807) is 29.2 Å². The molecule has 0 fully saturated rings. The molecule has 1 amide bonds. The third-order valence-electron chi connectivity index (χ3n) is 5.75. The van der Waals surface area contributed by atoms with Gasteiger partial charge < -0.3 is 5.32 Å². The van der Waals surface area contributed by atoms with Crippen LogP contribution in [0.15, 0.2) is 67.1 Å². The van der Waals surface area contributed by atoms with Gasteiger partial charge in [-0.1, -0.05) is 35.9 Å². The van der Waals surface area contributed by atoms with Crippen molar-refractivity contribution in [3.8, 4) is 11.3 Å². The van der Waals surface area contributed by atoms with E-state index in [1.807, 2.05) is 49.0 Å². The summed E-state index contributed by atoms with van der Waals surface area (Å²) in [7, 11) is 0. The van der Waals surface area contributed by atoms with E-state index in [2.05, 4.69) is 15.5 Å². The number of fused-ring (bicyclic) bond motifs is 1. The van der Waals surface area contributed by atoms with Crippen LogP contribution in [0.4, 0.5) is 10.1 Å². The van der Waals surface area contributed by atoms with E-state index in [9.17, 15) is 9.18 Å². The Bertz CT molecular complexity index is 1560. The highest BCUT2D eigenvalue weighted by Gasteiger charge is 2.17. The number of rotatable bonds is 6. The van der Waals surface area contributed by atoms with Gasteiger partial charge >= 0.3 is 0 Å². The minimum absolute atomic E-state index is 0.273. The van der Waals surface area contributed by atoms with Crippen molar-refractivity contribution in [2.45, 2.75) is 26.9 Å². The smallest absolute Gasteiger partial charge is 0.256 e. The van der Waals surface area contributed by atoms with Crippen molar-refractivity contribution in [3.05, 3.63) is 94.8 Å². The van der Waals surface area contributed by atoms with Crippen molar-refractivity contribution in [2.24, 2.45) is 0 Å². The lowest BCUT2D eigenvalue weighted by Gasteiger charge is -2.09. The number of benzene rings is 2. The van der Waals surface area contributed by atoms with E-state index >= 15 is 0 Å². The number of aromatic nitrogens is 5. The molecule has 0 aliphatic rings. The summed E-state index contributed by atoms with van der Waals surface area (Å²) in [6.07, 6.45) is 5.21. The number of hydrogen-bond acceptors (Lipinski definition) is 4. The first kappa shape index (κ1) is 22.7. The van der Waals surface area contributed by atoms with Crippen LogP contribution in [0.2, 0.25) is 5.02 Å².